The van der Waals surface area contributed by atoms with Gasteiger partial charge >= 0.3 is 6.03 Å². The number of carbonyl (C=O) groups excluding carboxylic acids is 1. The van der Waals surface area contributed by atoms with E-state index >= 15 is 0 Å². The first-order valence-electron chi connectivity index (χ1n) is 7.17. The Balaban J connectivity index is 1.95. The normalized spacial score (nSPS) is 12.0. The van der Waals surface area contributed by atoms with E-state index in [1.54, 1.807) is 6.07 Å². The molecule has 0 saturated carbocycles. The van der Waals surface area contributed by atoms with E-state index in [4.69, 9.17) is 4.74 Å². The molecule has 2 rings (SSSR count). The molecule has 0 radical (unpaired) electrons. The van der Waals surface area contributed by atoms with Gasteiger partial charge in [0, 0.05) is 12.6 Å². The quantitative estimate of drug-likeness (QED) is 0.754. The number of urea groups is 1. The molecule has 1 aromatic heterocycles. The van der Waals surface area contributed by atoms with Crippen LogP contribution < -0.4 is 15.4 Å². The van der Waals surface area contributed by atoms with Crippen molar-refractivity contribution < 1.29 is 19.0 Å². The first-order valence-corrected chi connectivity index (χ1v) is 8.11. The van der Waals surface area contributed by atoms with Crippen molar-refractivity contribution in [3.8, 4) is 5.75 Å². The van der Waals surface area contributed by atoms with Crippen molar-refractivity contribution in [1.82, 2.24) is 5.32 Å². The number of thiophene rings is 1. The Kier molecular flexibility index (Phi) is 5.95. The number of benzene rings is 1. The molecule has 7 heteroatoms. The molecular weight excluding hydrogens is 319 g/mol. The van der Waals surface area contributed by atoms with Crippen molar-refractivity contribution in [2.24, 2.45) is 0 Å². The third-order valence-corrected chi connectivity index (χ3v) is 3.64. The lowest BCUT2D eigenvalue weighted by Gasteiger charge is -2.16. The molecule has 0 bridgehead atoms. The van der Waals surface area contributed by atoms with Crippen LogP contribution in [0.15, 0.2) is 35.0 Å². The lowest BCUT2D eigenvalue weighted by molar-refractivity contribution is 0.175. The van der Waals surface area contributed by atoms with Gasteiger partial charge in [-0.15, -0.1) is 0 Å². The van der Waals surface area contributed by atoms with Gasteiger partial charge in [-0.1, -0.05) is 0 Å². The van der Waals surface area contributed by atoms with Gasteiger partial charge in [0.2, 0.25) is 0 Å². The van der Waals surface area contributed by atoms with E-state index in [-0.39, 0.29) is 18.3 Å². The number of carbonyl (C=O) groups is 1. The molecular formula is C16H19FN2O3S. The Morgan fingerprint density at radius 2 is 2.17 bits per heavy atom. The van der Waals surface area contributed by atoms with Crippen molar-refractivity contribution >= 4 is 23.1 Å². The number of aliphatic hydroxyl groups is 1. The number of halogens is 1. The summed E-state index contributed by atoms with van der Waals surface area (Å²) in [6.07, 6.45) is -0.893. The Morgan fingerprint density at radius 3 is 2.83 bits per heavy atom. The van der Waals surface area contributed by atoms with Crippen LogP contribution in [-0.2, 0) is 0 Å². The number of hydrogen-bond acceptors (Lipinski definition) is 4. The van der Waals surface area contributed by atoms with E-state index in [2.05, 4.69) is 10.6 Å². The molecule has 2 amide bonds. The minimum absolute atomic E-state index is 0.0538. The van der Waals surface area contributed by atoms with Crippen LogP contribution in [0, 0.1) is 5.82 Å². The number of amides is 2. The topological polar surface area (TPSA) is 70.6 Å². The molecule has 0 spiro atoms. The molecule has 1 aromatic carbocycles. The summed E-state index contributed by atoms with van der Waals surface area (Å²) in [7, 11) is 0. The number of hydrogen-bond donors (Lipinski definition) is 3. The third kappa shape index (κ3) is 5.22. The number of aliphatic hydroxyl groups excluding tert-OH is 1. The van der Waals surface area contributed by atoms with Gasteiger partial charge in [0.15, 0.2) is 0 Å². The molecule has 2 aromatic rings. The predicted octanol–water partition coefficient (Wildman–Crippen LogP) is 3.53. The minimum atomic E-state index is -0.786. The van der Waals surface area contributed by atoms with E-state index in [0.29, 0.717) is 5.75 Å². The molecule has 0 aliphatic carbocycles. The van der Waals surface area contributed by atoms with Crippen molar-refractivity contribution in [3.63, 3.8) is 0 Å². The van der Waals surface area contributed by atoms with E-state index < -0.39 is 18.0 Å². The molecule has 1 atom stereocenters. The Morgan fingerprint density at radius 1 is 1.39 bits per heavy atom. The molecule has 0 fully saturated rings. The highest BCUT2D eigenvalue weighted by Gasteiger charge is 2.13. The smallest absolute Gasteiger partial charge is 0.319 e. The Bertz CT molecular complexity index is 647. The van der Waals surface area contributed by atoms with Gasteiger partial charge in [-0.25, -0.2) is 9.18 Å². The van der Waals surface area contributed by atoms with Crippen molar-refractivity contribution in [3.05, 3.63) is 46.4 Å². The fraction of sp³-hybridized carbons (Fsp3) is 0.312. The number of ether oxygens (including phenoxy) is 1. The highest BCUT2D eigenvalue weighted by atomic mass is 32.1. The van der Waals surface area contributed by atoms with Crippen LogP contribution in [0.2, 0.25) is 0 Å². The van der Waals surface area contributed by atoms with Crippen LogP contribution in [0.25, 0.3) is 0 Å². The summed E-state index contributed by atoms with van der Waals surface area (Å²) in [5.74, 6) is -0.0929. The maximum absolute atomic E-state index is 13.4. The second kappa shape index (κ2) is 7.94. The van der Waals surface area contributed by atoms with Crippen molar-refractivity contribution in [2.45, 2.75) is 26.1 Å². The summed E-state index contributed by atoms with van der Waals surface area (Å²) in [5, 5.41) is 18.7. The zero-order chi connectivity index (χ0) is 16.8. The Labute approximate surface area is 138 Å². The van der Waals surface area contributed by atoms with Crippen LogP contribution in [0.4, 0.5) is 14.9 Å². The molecule has 3 N–H and O–H groups in total. The van der Waals surface area contributed by atoms with Crippen LogP contribution in [-0.4, -0.2) is 23.8 Å². The van der Waals surface area contributed by atoms with Gasteiger partial charge in [0.1, 0.15) is 11.6 Å². The molecule has 0 aliphatic heterocycles. The molecule has 124 valence electrons. The molecule has 0 saturated heterocycles. The highest BCUT2D eigenvalue weighted by Crippen LogP contribution is 2.26. The predicted molar refractivity (Wildman–Crippen MR) is 88.5 cm³/mol. The second-order valence-corrected chi connectivity index (χ2v) is 5.99. The summed E-state index contributed by atoms with van der Waals surface area (Å²) >= 11 is 1.47. The second-order valence-electron chi connectivity index (χ2n) is 5.21. The summed E-state index contributed by atoms with van der Waals surface area (Å²) in [6, 6.07) is 5.16. The van der Waals surface area contributed by atoms with Gasteiger partial charge in [0.25, 0.3) is 0 Å². The first kappa shape index (κ1) is 17.2. The molecule has 1 heterocycles. The SMILES string of the molecule is CC(C)Oc1ccc(F)cc1NC(=O)NCC(O)c1ccsc1. The number of rotatable bonds is 6. The summed E-state index contributed by atoms with van der Waals surface area (Å²) in [4.78, 5) is 11.9. The third-order valence-electron chi connectivity index (χ3n) is 2.94. The van der Waals surface area contributed by atoms with Gasteiger partial charge in [-0.3, -0.25) is 0 Å². The molecule has 1 unspecified atom stereocenters. The van der Waals surface area contributed by atoms with E-state index in [9.17, 15) is 14.3 Å². The fourth-order valence-electron chi connectivity index (χ4n) is 1.89. The monoisotopic (exact) mass is 338 g/mol. The summed E-state index contributed by atoms with van der Waals surface area (Å²) < 4.78 is 18.9. The fourth-order valence-corrected chi connectivity index (χ4v) is 2.60. The summed E-state index contributed by atoms with van der Waals surface area (Å²) in [6.45, 7) is 3.73. The molecule has 0 aliphatic rings. The van der Waals surface area contributed by atoms with E-state index in [0.717, 1.165) is 5.56 Å². The van der Waals surface area contributed by atoms with Gasteiger partial charge in [-0.2, -0.15) is 11.3 Å². The number of nitrogens with one attached hydrogen (secondary N) is 2. The zero-order valence-corrected chi connectivity index (χ0v) is 13.7. The van der Waals surface area contributed by atoms with Gasteiger partial charge in [-0.05, 0) is 48.4 Å². The van der Waals surface area contributed by atoms with Crippen LogP contribution in [0.1, 0.15) is 25.5 Å². The van der Waals surface area contributed by atoms with Crippen LogP contribution in [0.5, 0.6) is 5.75 Å². The van der Waals surface area contributed by atoms with Crippen LogP contribution >= 0.6 is 11.3 Å². The molecule has 5 nitrogen and oxygen atoms in total. The standard InChI is InChI=1S/C16H19FN2O3S/c1-10(2)22-15-4-3-12(17)7-13(15)19-16(21)18-8-14(20)11-5-6-23-9-11/h3-7,9-10,14,20H,8H2,1-2H3,(H2,18,19,21). The molecule has 23 heavy (non-hydrogen) atoms. The van der Waals surface area contributed by atoms with E-state index in [1.807, 2.05) is 24.6 Å². The minimum Gasteiger partial charge on any atom is -0.489 e. The van der Waals surface area contributed by atoms with Crippen LogP contribution in [0.3, 0.4) is 0 Å². The van der Waals surface area contributed by atoms with Gasteiger partial charge < -0.3 is 20.5 Å². The maximum atomic E-state index is 13.4. The lowest BCUT2D eigenvalue weighted by atomic mass is 10.2. The maximum Gasteiger partial charge on any atom is 0.319 e. The first-order chi connectivity index (χ1) is 11.0. The van der Waals surface area contributed by atoms with Gasteiger partial charge in [0.05, 0.1) is 17.9 Å². The highest BCUT2D eigenvalue weighted by molar-refractivity contribution is 7.07. The van der Waals surface area contributed by atoms with Crippen molar-refractivity contribution in [2.75, 3.05) is 11.9 Å². The lowest BCUT2D eigenvalue weighted by Crippen LogP contribution is -2.32. The van der Waals surface area contributed by atoms with E-state index in [1.165, 1.54) is 29.5 Å². The average Bonchev–Trinajstić information content (AvgIpc) is 3.01. The average molecular weight is 338 g/mol. The largest absolute Gasteiger partial charge is 0.489 e. The Hall–Kier alpha value is -2.12. The number of anilines is 1. The summed E-state index contributed by atoms with van der Waals surface area (Å²) in [5.41, 5.74) is 0.978. The van der Waals surface area contributed by atoms with Crippen molar-refractivity contribution in [1.29, 1.82) is 0 Å². The zero-order valence-electron chi connectivity index (χ0n) is 12.9.